The standard InChI is InChI=1S/C18H18ClNO4/c1-12(13-7-9-14(19)10-8-13)20-17(21)11-24-18(22)15-5-3-4-6-16(15)23-2/h3-10,12H,11H2,1-2H3,(H,20,21)/t12-/m1/s1. The monoisotopic (exact) mass is 347 g/mol. The third kappa shape index (κ3) is 4.73. The number of hydrogen-bond acceptors (Lipinski definition) is 4. The summed E-state index contributed by atoms with van der Waals surface area (Å²) in [4.78, 5) is 24.0. The highest BCUT2D eigenvalue weighted by Crippen LogP contribution is 2.18. The van der Waals surface area contributed by atoms with Gasteiger partial charge in [0.05, 0.1) is 13.2 Å². The van der Waals surface area contributed by atoms with Gasteiger partial charge in [-0.1, -0.05) is 35.9 Å². The van der Waals surface area contributed by atoms with Crippen molar-refractivity contribution in [2.24, 2.45) is 0 Å². The fourth-order valence-electron chi connectivity index (χ4n) is 2.14. The number of para-hydroxylation sites is 1. The lowest BCUT2D eigenvalue weighted by Gasteiger charge is -2.14. The molecule has 0 aliphatic rings. The molecule has 0 aliphatic carbocycles. The second-order valence-electron chi connectivity index (χ2n) is 5.12. The van der Waals surface area contributed by atoms with E-state index in [0.717, 1.165) is 5.56 Å². The average Bonchev–Trinajstić information content (AvgIpc) is 2.60. The van der Waals surface area contributed by atoms with Crippen molar-refractivity contribution < 1.29 is 19.1 Å². The molecule has 24 heavy (non-hydrogen) atoms. The second kappa shape index (κ2) is 8.36. The molecule has 0 aliphatic heterocycles. The molecular formula is C18H18ClNO4. The minimum absolute atomic E-state index is 0.222. The van der Waals surface area contributed by atoms with Gasteiger partial charge in [-0.05, 0) is 36.8 Å². The van der Waals surface area contributed by atoms with E-state index in [0.29, 0.717) is 10.8 Å². The third-order valence-electron chi connectivity index (χ3n) is 3.41. The van der Waals surface area contributed by atoms with Crippen LogP contribution in [0.15, 0.2) is 48.5 Å². The lowest BCUT2D eigenvalue weighted by molar-refractivity contribution is -0.124. The van der Waals surface area contributed by atoms with Crippen LogP contribution in [0.25, 0.3) is 0 Å². The van der Waals surface area contributed by atoms with Crippen molar-refractivity contribution in [2.45, 2.75) is 13.0 Å². The molecule has 0 saturated heterocycles. The van der Waals surface area contributed by atoms with Gasteiger partial charge in [0.25, 0.3) is 5.91 Å². The normalized spacial score (nSPS) is 11.5. The minimum atomic E-state index is -0.609. The highest BCUT2D eigenvalue weighted by molar-refractivity contribution is 6.30. The van der Waals surface area contributed by atoms with Gasteiger partial charge in [-0.2, -0.15) is 0 Å². The summed E-state index contributed by atoms with van der Waals surface area (Å²) in [6, 6.07) is 13.6. The molecular weight excluding hydrogens is 330 g/mol. The summed E-state index contributed by atoms with van der Waals surface area (Å²) in [5.74, 6) is -0.597. The van der Waals surface area contributed by atoms with Crippen LogP contribution in [0, 0.1) is 0 Å². The number of ether oxygens (including phenoxy) is 2. The van der Waals surface area contributed by atoms with Gasteiger partial charge in [0.15, 0.2) is 6.61 Å². The smallest absolute Gasteiger partial charge is 0.342 e. The molecule has 2 rings (SSSR count). The lowest BCUT2D eigenvalue weighted by atomic mass is 10.1. The van der Waals surface area contributed by atoms with Gasteiger partial charge in [0.2, 0.25) is 0 Å². The van der Waals surface area contributed by atoms with Crippen molar-refractivity contribution >= 4 is 23.5 Å². The fraction of sp³-hybridized carbons (Fsp3) is 0.222. The van der Waals surface area contributed by atoms with Crippen molar-refractivity contribution in [2.75, 3.05) is 13.7 Å². The number of nitrogens with one attached hydrogen (secondary N) is 1. The highest BCUT2D eigenvalue weighted by Gasteiger charge is 2.16. The van der Waals surface area contributed by atoms with E-state index in [1.165, 1.54) is 7.11 Å². The number of amides is 1. The molecule has 126 valence electrons. The number of benzene rings is 2. The number of hydrogen-bond donors (Lipinski definition) is 1. The molecule has 5 nitrogen and oxygen atoms in total. The molecule has 0 unspecified atom stereocenters. The lowest BCUT2D eigenvalue weighted by Crippen LogP contribution is -2.31. The summed E-state index contributed by atoms with van der Waals surface area (Å²) in [5, 5.41) is 3.39. The van der Waals surface area contributed by atoms with E-state index >= 15 is 0 Å². The zero-order valence-electron chi connectivity index (χ0n) is 13.4. The maximum Gasteiger partial charge on any atom is 0.342 e. The van der Waals surface area contributed by atoms with Crippen LogP contribution in [-0.4, -0.2) is 25.6 Å². The Kier molecular flexibility index (Phi) is 6.21. The van der Waals surface area contributed by atoms with Gasteiger partial charge >= 0.3 is 5.97 Å². The molecule has 0 spiro atoms. The number of rotatable bonds is 6. The quantitative estimate of drug-likeness (QED) is 0.813. The van der Waals surface area contributed by atoms with E-state index in [9.17, 15) is 9.59 Å². The molecule has 0 radical (unpaired) electrons. The van der Waals surface area contributed by atoms with Crippen LogP contribution in [0.4, 0.5) is 0 Å². The molecule has 1 atom stereocenters. The largest absolute Gasteiger partial charge is 0.496 e. The van der Waals surface area contributed by atoms with Crippen LogP contribution in [0.2, 0.25) is 5.02 Å². The van der Waals surface area contributed by atoms with Gasteiger partial charge in [0, 0.05) is 5.02 Å². The topological polar surface area (TPSA) is 64.6 Å². The minimum Gasteiger partial charge on any atom is -0.496 e. The highest BCUT2D eigenvalue weighted by atomic mass is 35.5. The SMILES string of the molecule is COc1ccccc1C(=O)OCC(=O)N[C@H](C)c1ccc(Cl)cc1. The first-order valence-corrected chi connectivity index (χ1v) is 7.74. The number of halogens is 1. The molecule has 0 saturated carbocycles. The molecule has 2 aromatic carbocycles. The predicted octanol–water partition coefficient (Wildman–Crippen LogP) is 3.38. The summed E-state index contributed by atoms with van der Waals surface area (Å²) in [7, 11) is 1.46. The Labute approximate surface area is 145 Å². The fourth-order valence-corrected chi connectivity index (χ4v) is 2.27. The summed E-state index contributed by atoms with van der Waals surface area (Å²) in [5.41, 5.74) is 1.18. The first-order valence-electron chi connectivity index (χ1n) is 7.36. The Hall–Kier alpha value is -2.53. The maximum atomic E-state index is 12.0. The van der Waals surface area contributed by atoms with Crippen LogP contribution < -0.4 is 10.1 Å². The molecule has 0 fully saturated rings. The maximum absolute atomic E-state index is 12.0. The number of carbonyl (C=O) groups excluding carboxylic acids is 2. The first-order chi connectivity index (χ1) is 11.5. The van der Waals surface area contributed by atoms with Crippen LogP contribution in [-0.2, 0) is 9.53 Å². The van der Waals surface area contributed by atoms with Crippen molar-refractivity contribution in [1.82, 2.24) is 5.32 Å². The molecule has 0 aromatic heterocycles. The van der Waals surface area contributed by atoms with Gasteiger partial charge < -0.3 is 14.8 Å². The Bertz CT molecular complexity index is 715. The van der Waals surface area contributed by atoms with Crippen molar-refractivity contribution in [1.29, 1.82) is 0 Å². The molecule has 0 heterocycles. The zero-order chi connectivity index (χ0) is 17.5. The van der Waals surface area contributed by atoms with Gasteiger partial charge in [-0.15, -0.1) is 0 Å². The zero-order valence-corrected chi connectivity index (χ0v) is 14.2. The van der Waals surface area contributed by atoms with E-state index in [-0.39, 0.29) is 24.1 Å². The third-order valence-corrected chi connectivity index (χ3v) is 3.66. The average molecular weight is 348 g/mol. The molecule has 6 heteroatoms. The van der Waals surface area contributed by atoms with Crippen molar-refractivity contribution in [3.8, 4) is 5.75 Å². The summed E-state index contributed by atoms with van der Waals surface area (Å²) >= 11 is 5.83. The second-order valence-corrected chi connectivity index (χ2v) is 5.55. The first kappa shape index (κ1) is 17.8. The summed E-state index contributed by atoms with van der Waals surface area (Å²) in [6.45, 7) is 1.47. The van der Waals surface area contributed by atoms with Gasteiger partial charge in [0.1, 0.15) is 11.3 Å². The van der Waals surface area contributed by atoms with E-state index in [1.807, 2.05) is 19.1 Å². The van der Waals surface area contributed by atoms with Crippen molar-refractivity contribution in [3.05, 3.63) is 64.7 Å². The summed E-state index contributed by atoms with van der Waals surface area (Å²) < 4.78 is 10.1. The predicted molar refractivity (Wildman–Crippen MR) is 91.3 cm³/mol. The van der Waals surface area contributed by atoms with Crippen LogP contribution in [0.3, 0.4) is 0 Å². The van der Waals surface area contributed by atoms with E-state index in [2.05, 4.69) is 5.32 Å². The Morgan fingerprint density at radius 2 is 1.79 bits per heavy atom. The van der Waals surface area contributed by atoms with Crippen LogP contribution in [0.1, 0.15) is 28.9 Å². The summed E-state index contributed by atoms with van der Waals surface area (Å²) in [6.07, 6.45) is 0. The Morgan fingerprint density at radius 1 is 1.12 bits per heavy atom. The molecule has 1 N–H and O–H groups in total. The van der Waals surface area contributed by atoms with Gasteiger partial charge in [-0.3, -0.25) is 4.79 Å². The van der Waals surface area contributed by atoms with Crippen molar-refractivity contribution in [3.63, 3.8) is 0 Å². The Balaban J connectivity index is 1.88. The molecule has 0 bridgehead atoms. The van der Waals surface area contributed by atoms with E-state index < -0.39 is 5.97 Å². The van der Waals surface area contributed by atoms with E-state index in [4.69, 9.17) is 21.1 Å². The molecule has 2 aromatic rings. The number of methoxy groups -OCH3 is 1. The van der Waals surface area contributed by atoms with E-state index in [1.54, 1.807) is 36.4 Å². The van der Waals surface area contributed by atoms with Crippen LogP contribution in [0.5, 0.6) is 5.75 Å². The Morgan fingerprint density at radius 3 is 2.46 bits per heavy atom. The van der Waals surface area contributed by atoms with Gasteiger partial charge in [-0.25, -0.2) is 4.79 Å². The number of carbonyl (C=O) groups is 2. The molecule has 1 amide bonds. The number of esters is 1. The van der Waals surface area contributed by atoms with Crippen LogP contribution >= 0.6 is 11.6 Å².